The third kappa shape index (κ3) is 4.89. The largest absolute Gasteiger partial charge is 0.324 e. The van der Waals surface area contributed by atoms with Gasteiger partial charge in [0, 0.05) is 25.1 Å². The van der Waals surface area contributed by atoms with Crippen LogP contribution in [-0.4, -0.2) is 29.8 Å². The quantitative estimate of drug-likeness (QED) is 0.839. The number of nitrogens with zero attached hydrogens (tertiary/aromatic N) is 1. The van der Waals surface area contributed by atoms with Gasteiger partial charge in [0.25, 0.3) is 5.91 Å². The van der Waals surface area contributed by atoms with Crippen LogP contribution >= 0.6 is 0 Å². The molecule has 2 amide bonds. The topological polar surface area (TPSA) is 61.4 Å². The first-order valence-corrected chi connectivity index (χ1v) is 8.81. The molecular formula is C20H21F2N3O2. The van der Waals surface area contributed by atoms with E-state index in [1.165, 1.54) is 19.8 Å². The van der Waals surface area contributed by atoms with E-state index in [-0.39, 0.29) is 11.4 Å². The van der Waals surface area contributed by atoms with Gasteiger partial charge < -0.3 is 10.6 Å². The Kier molecular flexibility index (Phi) is 5.81. The molecule has 3 rings (SSSR count). The van der Waals surface area contributed by atoms with Gasteiger partial charge in [-0.1, -0.05) is 12.1 Å². The number of benzene rings is 2. The van der Waals surface area contributed by atoms with Crippen molar-refractivity contribution in [2.45, 2.75) is 26.3 Å². The number of hydrogen-bond acceptors (Lipinski definition) is 3. The Labute approximate surface area is 156 Å². The number of hydrogen-bond donors (Lipinski definition) is 2. The highest BCUT2D eigenvalue weighted by molar-refractivity contribution is 6.04. The number of carbonyl (C=O) groups excluding carboxylic acids is 2. The molecule has 0 bridgehead atoms. The van der Waals surface area contributed by atoms with Crippen LogP contribution in [0.15, 0.2) is 36.4 Å². The molecule has 0 atom stereocenters. The maximum atomic E-state index is 14.0. The van der Waals surface area contributed by atoms with Crippen LogP contribution in [0.25, 0.3) is 0 Å². The number of anilines is 2. The van der Waals surface area contributed by atoms with Gasteiger partial charge in [0.1, 0.15) is 11.6 Å². The molecule has 0 aliphatic carbocycles. The third-order valence-corrected chi connectivity index (χ3v) is 4.44. The number of halogens is 2. The summed E-state index contributed by atoms with van der Waals surface area (Å²) in [7, 11) is 0. The van der Waals surface area contributed by atoms with E-state index in [9.17, 15) is 18.4 Å². The molecular weight excluding hydrogens is 352 g/mol. The highest BCUT2D eigenvalue weighted by Gasteiger charge is 2.15. The van der Waals surface area contributed by atoms with Crippen LogP contribution in [0.1, 0.15) is 35.7 Å². The Morgan fingerprint density at radius 1 is 0.963 bits per heavy atom. The van der Waals surface area contributed by atoms with Gasteiger partial charge in [-0.3, -0.25) is 14.5 Å². The highest BCUT2D eigenvalue weighted by Crippen LogP contribution is 2.24. The van der Waals surface area contributed by atoms with Gasteiger partial charge in [0.2, 0.25) is 5.91 Å². The van der Waals surface area contributed by atoms with Gasteiger partial charge in [-0.15, -0.1) is 0 Å². The molecule has 142 valence electrons. The Hall–Kier alpha value is -2.80. The van der Waals surface area contributed by atoms with Crippen LogP contribution in [0.3, 0.4) is 0 Å². The summed E-state index contributed by atoms with van der Waals surface area (Å²) in [5.41, 5.74) is 1.07. The van der Waals surface area contributed by atoms with Gasteiger partial charge in [0.15, 0.2) is 0 Å². The highest BCUT2D eigenvalue weighted by atomic mass is 19.1. The lowest BCUT2D eigenvalue weighted by atomic mass is 10.1. The van der Waals surface area contributed by atoms with Crippen molar-refractivity contribution in [3.05, 3.63) is 59.2 Å². The second-order valence-electron chi connectivity index (χ2n) is 6.63. The van der Waals surface area contributed by atoms with Crippen LogP contribution in [0.2, 0.25) is 0 Å². The molecule has 1 saturated heterocycles. The van der Waals surface area contributed by atoms with Gasteiger partial charge in [-0.2, -0.15) is 0 Å². The van der Waals surface area contributed by atoms with Gasteiger partial charge in [-0.25, -0.2) is 8.78 Å². The van der Waals surface area contributed by atoms with E-state index in [2.05, 4.69) is 15.5 Å². The Bertz CT molecular complexity index is 847. The van der Waals surface area contributed by atoms with Crippen molar-refractivity contribution >= 4 is 23.2 Å². The van der Waals surface area contributed by atoms with Crippen molar-refractivity contribution in [2.24, 2.45) is 0 Å². The van der Waals surface area contributed by atoms with E-state index in [0.717, 1.165) is 31.3 Å². The second-order valence-corrected chi connectivity index (χ2v) is 6.63. The van der Waals surface area contributed by atoms with E-state index in [1.54, 1.807) is 12.1 Å². The molecule has 2 aromatic carbocycles. The second kappa shape index (κ2) is 8.26. The molecule has 1 heterocycles. The molecule has 0 radical (unpaired) electrons. The summed E-state index contributed by atoms with van der Waals surface area (Å²) in [6, 6.07) is 8.79. The molecule has 7 heteroatoms. The zero-order valence-corrected chi connectivity index (χ0v) is 15.0. The predicted octanol–water partition coefficient (Wildman–Crippen LogP) is 3.77. The minimum absolute atomic E-state index is 0.194. The average Bonchev–Trinajstić information content (AvgIpc) is 3.12. The van der Waals surface area contributed by atoms with Crippen LogP contribution in [0.4, 0.5) is 20.2 Å². The van der Waals surface area contributed by atoms with E-state index in [1.807, 2.05) is 12.1 Å². The SMILES string of the molecule is CC(=O)Nc1cc(NC(=O)c2ccc(CN3CCCC3)cc2)c(F)cc1F. The molecule has 0 aromatic heterocycles. The number of nitrogens with one attached hydrogen (secondary N) is 2. The zero-order valence-electron chi connectivity index (χ0n) is 15.0. The molecule has 1 aliphatic heterocycles. The normalized spacial score (nSPS) is 14.2. The van der Waals surface area contributed by atoms with E-state index < -0.39 is 23.4 Å². The molecule has 2 aromatic rings. The number of likely N-dealkylation sites (tertiary alicyclic amines) is 1. The number of rotatable bonds is 5. The average molecular weight is 373 g/mol. The van der Waals surface area contributed by atoms with Crippen molar-refractivity contribution in [3.8, 4) is 0 Å². The molecule has 5 nitrogen and oxygen atoms in total. The van der Waals surface area contributed by atoms with Crippen molar-refractivity contribution in [1.82, 2.24) is 4.90 Å². The lowest BCUT2D eigenvalue weighted by Gasteiger charge is -2.14. The number of carbonyl (C=O) groups is 2. The van der Waals surface area contributed by atoms with E-state index in [0.29, 0.717) is 11.6 Å². The first-order chi connectivity index (χ1) is 12.9. The summed E-state index contributed by atoms with van der Waals surface area (Å²) >= 11 is 0. The maximum absolute atomic E-state index is 14.0. The molecule has 2 N–H and O–H groups in total. The monoisotopic (exact) mass is 373 g/mol. The summed E-state index contributed by atoms with van der Waals surface area (Å²) < 4.78 is 27.7. The molecule has 27 heavy (non-hydrogen) atoms. The Balaban J connectivity index is 1.70. The van der Waals surface area contributed by atoms with Crippen LogP contribution < -0.4 is 10.6 Å². The molecule has 0 unspecified atom stereocenters. The van der Waals surface area contributed by atoms with Crippen molar-refractivity contribution in [1.29, 1.82) is 0 Å². The molecule has 1 aliphatic rings. The maximum Gasteiger partial charge on any atom is 0.255 e. The standard InChI is InChI=1S/C20H21F2N3O2/c1-13(26)23-18-11-19(17(22)10-16(18)21)24-20(27)15-6-4-14(5-7-15)12-25-8-2-3-9-25/h4-7,10-11H,2-3,8-9,12H2,1H3,(H,23,26)(H,24,27). The fourth-order valence-corrected chi connectivity index (χ4v) is 3.09. The van der Waals surface area contributed by atoms with Crippen LogP contribution in [-0.2, 0) is 11.3 Å². The molecule has 1 fully saturated rings. The Morgan fingerprint density at radius 2 is 1.56 bits per heavy atom. The first kappa shape index (κ1) is 19.0. The van der Waals surface area contributed by atoms with E-state index >= 15 is 0 Å². The first-order valence-electron chi connectivity index (χ1n) is 8.81. The zero-order chi connectivity index (χ0) is 19.4. The summed E-state index contributed by atoms with van der Waals surface area (Å²) in [6.45, 7) is 4.23. The van der Waals surface area contributed by atoms with Crippen molar-refractivity contribution in [3.63, 3.8) is 0 Å². The fourth-order valence-electron chi connectivity index (χ4n) is 3.09. The summed E-state index contributed by atoms with van der Waals surface area (Å²) in [4.78, 5) is 25.8. The van der Waals surface area contributed by atoms with Crippen molar-refractivity contribution in [2.75, 3.05) is 23.7 Å². The van der Waals surface area contributed by atoms with E-state index in [4.69, 9.17) is 0 Å². The van der Waals surface area contributed by atoms with Crippen LogP contribution in [0.5, 0.6) is 0 Å². The minimum atomic E-state index is -0.916. The molecule has 0 spiro atoms. The molecule has 0 saturated carbocycles. The lowest BCUT2D eigenvalue weighted by Crippen LogP contribution is -2.18. The third-order valence-electron chi connectivity index (χ3n) is 4.44. The fraction of sp³-hybridized carbons (Fsp3) is 0.300. The van der Waals surface area contributed by atoms with Crippen LogP contribution in [0, 0.1) is 11.6 Å². The number of amides is 2. The van der Waals surface area contributed by atoms with Gasteiger partial charge >= 0.3 is 0 Å². The lowest BCUT2D eigenvalue weighted by molar-refractivity contribution is -0.114. The predicted molar refractivity (Wildman–Crippen MR) is 99.6 cm³/mol. The summed E-state index contributed by atoms with van der Waals surface area (Å²) in [5.74, 6) is -2.83. The van der Waals surface area contributed by atoms with Crippen molar-refractivity contribution < 1.29 is 18.4 Å². The van der Waals surface area contributed by atoms with Gasteiger partial charge in [-0.05, 0) is 49.7 Å². The minimum Gasteiger partial charge on any atom is -0.324 e. The smallest absolute Gasteiger partial charge is 0.255 e. The van der Waals surface area contributed by atoms with Gasteiger partial charge in [0.05, 0.1) is 11.4 Å². The summed E-state index contributed by atoms with van der Waals surface area (Å²) in [5, 5.41) is 4.68. The Morgan fingerprint density at radius 3 is 2.15 bits per heavy atom. The summed E-state index contributed by atoms with van der Waals surface area (Å²) in [6.07, 6.45) is 2.42.